The van der Waals surface area contributed by atoms with Gasteiger partial charge in [0.1, 0.15) is 5.67 Å². The lowest BCUT2D eigenvalue weighted by Crippen LogP contribution is -2.68. The first kappa shape index (κ1) is 16.7. The summed E-state index contributed by atoms with van der Waals surface area (Å²) >= 11 is 0. The van der Waals surface area contributed by atoms with Gasteiger partial charge in [0.15, 0.2) is 5.78 Å². The number of hydrogen-bond donors (Lipinski definition) is 2. The van der Waals surface area contributed by atoms with E-state index in [0.29, 0.717) is 32.1 Å². The smallest absolute Gasteiger partial charge is 0.155 e. The SMILES string of the molecule is C[C@]12CCC(=O)C=C1CC[C@H]1[C@@H]3CC[C@](C)(O)[C@@]3(C)C[C@H](O)C12F. The molecule has 4 aliphatic rings. The first-order chi connectivity index (χ1) is 11.1. The van der Waals surface area contributed by atoms with E-state index in [1.54, 1.807) is 6.08 Å². The van der Waals surface area contributed by atoms with Gasteiger partial charge in [0.05, 0.1) is 11.7 Å². The van der Waals surface area contributed by atoms with Gasteiger partial charge in [-0.2, -0.15) is 0 Å². The third-order valence-electron chi connectivity index (χ3n) is 8.60. The molecule has 0 bridgehead atoms. The number of aliphatic hydroxyl groups excluding tert-OH is 1. The minimum Gasteiger partial charge on any atom is -0.390 e. The van der Waals surface area contributed by atoms with Gasteiger partial charge >= 0.3 is 0 Å². The lowest BCUT2D eigenvalue weighted by Gasteiger charge is -2.63. The molecule has 0 aliphatic heterocycles. The largest absolute Gasteiger partial charge is 0.390 e. The highest BCUT2D eigenvalue weighted by atomic mass is 19.1. The second kappa shape index (κ2) is 4.70. The van der Waals surface area contributed by atoms with Gasteiger partial charge in [-0.15, -0.1) is 0 Å². The zero-order chi connectivity index (χ0) is 17.5. The first-order valence-electron chi connectivity index (χ1n) is 9.39. The highest BCUT2D eigenvalue weighted by Gasteiger charge is 2.72. The van der Waals surface area contributed by atoms with Crippen LogP contribution in [0.15, 0.2) is 11.6 Å². The number of carbonyl (C=O) groups is 1. The Morgan fingerprint density at radius 1 is 1.12 bits per heavy atom. The van der Waals surface area contributed by atoms with E-state index in [1.807, 2.05) is 20.8 Å². The normalized spacial score (nSPS) is 57.0. The Morgan fingerprint density at radius 3 is 2.54 bits per heavy atom. The molecule has 24 heavy (non-hydrogen) atoms. The number of halogens is 1. The maximum absolute atomic E-state index is 16.6. The molecule has 1 unspecified atom stereocenters. The van der Waals surface area contributed by atoms with Crippen LogP contribution in [0.5, 0.6) is 0 Å². The summed E-state index contributed by atoms with van der Waals surface area (Å²) in [6.45, 7) is 5.79. The molecule has 3 saturated carbocycles. The molecule has 7 atom stereocenters. The number of fused-ring (bicyclic) bond motifs is 5. The monoisotopic (exact) mass is 336 g/mol. The van der Waals surface area contributed by atoms with Crippen LogP contribution in [0.1, 0.15) is 65.7 Å². The highest BCUT2D eigenvalue weighted by molar-refractivity contribution is 5.91. The van der Waals surface area contributed by atoms with Crippen LogP contribution in [0.2, 0.25) is 0 Å². The van der Waals surface area contributed by atoms with Crippen LogP contribution in [0.4, 0.5) is 4.39 Å². The topological polar surface area (TPSA) is 57.5 Å². The van der Waals surface area contributed by atoms with Gasteiger partial charge in [-0.1, -0.05) is 19.4 Å². The fourth-order valence-corrected chi connectivity index (χ4v) is 6.79. The Kier molecular flexibility index (Phi) is 3.27. The average molecular weight is 336 g/mol. The molecule has 0 radical (unpaired) electrons. The molecular weight excluding hydrogens is 307 g/mol. The number of ketones is 1. The molecule has 0 spiro atoms. The molecule has 4 rings (SSSR count). The Hall–Kier alpha value is -0.740. The lowest BCUT2D eigenvalue weighted by molar-refractivity contribution is -0.225. The summed E-state index contributed by atoms with van der Waals surface area (Å²) in [4.78, 5) is 11.8. The van der Waals surface area contributed by atoms with Crippen LogP contribution in [0.3, 0.4) is 0 Å². The van der Waals surface area contributed by atoms with Crippen molar-refractivity contribution < 1.29 is 19.4 Å². The Labute approximate surface area is 143 Å². The van der Waals surface area contributed by atoms with E-state index in [9.17, 15) is 15.0 Å². The molecule has 0 saturated heterocycles. The lowest BCUT2D eigenvalue weighted by atomic mass is 9.44. The maximum atomic E-state index is 16.6. The zero-order valence-electron chi connectivity index (χ0n) is 14.9. The molecule has 0 amide bonds. The molecule has 0 aromatic carbocycles. The first-order valence-corrected chi connectivity index (χ1v) is 9.39. The standard InChI is InChI=1S/C20H29FO3/c1-17-8-6-13(22)10-12(17)4-5-15-14-7-9-19(3,24)18(14,2)11-16(23)20(15,17)21/h10,14-16,23-24H,4-9,11H2,1-3H3/t14-,15-,16-,17-,18-,19-,20?/m0/s1. The number of aliphatic hydroxyl groups is 2. The van der Waals surface area contributed by atoms with Gasteiger partial charge in [0.2, 0.25) is 0 Å². The van der Waals surface area contributed by atoms with E-state index in [4.69, 9.17) is 0 Å². The van der Waals surface area contributed by atoms with Gasteiger partial charge < -0.3 is 10.2 Å². The average Bonchev–Trinajstić information content (AvgIpc) is 2.72. The summed E-state index contributed by atoms with van der Waals surface area (Å²) in [6, 6.07) is 0. The molecule has 4 aliphatic carbocycles. The Morgan fingerprint density at radius 2 is 1.83 bits per heavy atom. The van der Waals surface area contributed by atoms with Crippen molar-refractivity contribution in [2.24, 2.45) is 22.7 Å². The van der Waals surface area contributed by atoms with E-state index >= 15 is 4.39 Å². The van der Waals surface area contributed by atoms with Gasteiger partial charge in [-0.3, -0.25) is 4.79 Å². The Balaban J connectivity index is 1.82. The predicted molar refractivity (Wildman–Crippen MR) is 89.1 cm³/mol. The van der Waals surface area contributed by atoms with Gasteiger partial charge in [-0.05, 0) is 57.4 Å². The van der Waals surface area contributed by atoms with E-state index in [1.165, 1.54) is 0 Å². The van der Waals surface area contributed by atoms with Crippen molar-refractivity contribution in [1.29, 1.82) is 0 Å². The van der Waals surface area contributed by atoms with Crippen molar-refractivity contribution in [1.82, 2.24) is 0 Å². The number of rotatable bonds is 0. The summed E-state index contributed by atoms with van der Waals surface area (Å²) in [6.07, 6.45) is 4.60. The minimum atomic E-state index is -1.69. The zero-order valence-corrected chi connectivity index (χ0v) is 14.9. The maximum Gasteiger partial charge on any atom is 0.155 e. The molecule has 134 valence electrons. The van der Waals surface area contributed by atoms with Crippen molar-refractivity contribution in [3.63, 3.8) is 0 Å². The fraction of sp³-hybridized carbons (Fsp3) is 0.850. The number of alkyl halides is 1. The van der Waals surface area contributed by atoms with E-state index in [-0.39, 0.29) is 17.6 Å². The summed E-state index contributed by atoms with van der Waals surface area (Å²) in [5.74, 6) is -0.0593. The third-order valence-corrected chi connectivity index (χ3v) is 8.60. The number of hydrogen-bond acceptors (Lipinski definition) is 3. The van der Waals surface area contributed by atoms with Crippen molar-refractivity contribution in [2.45, 2.75) is 83.1 Å². The molecule has 0 heterocycles. The molecule has 4 heteroatoms. The van der Waals surface area contributed by atoms with Crippen molar-refractivity contribution >= 4 is 5.78 Å². The van der Waals surface area contributed by atoms with Crippen molar-refractivity contribution in [3.05, 3.63) is 11.6 Å². The highest BCUT2D eigenvalue weighted by Crippen LogP contribution is 2.70. The van der Waals surface area contributed by atoms with E-state index in [0.717, 1.165) is 18.4 Å². The molecule has 2 N–H and O–H groups in total. The molecular formula is C20H29FO3. The van der Waals surface area contributed by atoms with E-state index in [2.05, 4.69) is 0 Å². The van der Waals surface area contributed by atoms with Gasteiger partial charge in [0, 0.05) is 23.2 Å². The van der Waals surface area contributed by atoms with Gasteiger partial charge in [0.25, 0.3) is 0 Å². The van der Waals surface area contributed by atoms with Crippen LogP contribution in [0, 0.1) is 22.7 Å². The second-order valence-electron chi connectivity index (χ2n) is 9.44. The van der Waals surface area contributed by atoms with Crippen LogP contribution >= 0.6 is 0 Å². The molecule has 3 nitrogen and oxygen atoms in total. The quantitative estimate of drug-likeness (QED) is 0.713. The molecule has 3 fully saturated rings. The number of carbonyl (C=O) groups excluding carboxylic acids is 1. The molecule has 0 aromatic heterocycles. The Bertz CT molecular complexity index is 626. The van der Waals surface area contributed by atoms with E-state index < -0.39 is 28.2 Å². The number of allylic oxidation sites excluding steroid dienone is 1. The van der Waals surface area contributed by atoms with Crippen LogP contribution in [-0.2, 0) is 4.79 Å². The summed E-state index contributed by atoms with van der Waals surface area (Å²) in [7, 11) is 0. The fourth-order valence-electron chi connectivity index (χ4n) is 6.79. The van der Waals surface area contributed by atoms with Crippen molar-refractivity contribution in [3.8, 4) is 0 Å². The van der Waals surface area contributed by atoms with Crippen molar-refractivity contribution in [2.75, 3.05) is 0 Å². The summed E-state index contributed by atoms with van der Waals surface area (Å²) < 4.78 is 16.6. The second-order valence-corrected chi connectivity index (χ2v) is 9.44. The summed E-state index contributed by atoms with van der Waals surface area (Å²) in [5.41, 5.74) is -2.83. The van der Waals surface area contributed by atoms with Crippen LogP contribution in [0.25, 0.3) is 0 Å². The third kappa shape index (κ3) is 1.72. The predicted octanol–water partition coefficient (Wildman–Crippen LogP) is 3.33. The van der Waals surface area contributed by atoms with Crippen LogP contribution in [-0.4, -0.2) is 33.4 Å². The summed E-state index contributed by atoms with van der Waals surface area (Å²) in [5, 5.41) is 21.9. The molecule has 0 aromatic rings. The van der Waals surface area contributed by atoms with Gasteiger partial charge in [-0.25, -0.2) is 4.39 Å². The minimum absolute atomic E-state index is 0.0865. The van der Waals surface area contributed by atoms with Crippen LogP contribution < -0.4 is 0 Å².